The zero-order valence-corrected chi connectivity index (χ0v) is 19.2. The molecule has 0 aliphatic heterocycles. The van der Waals surface area contributed by atoms with E-state index in [1.165, 1.54) is 63.4 Å². The van der Waals surface area contributed by atoms with Crippen LogP contribution in [0.3, 0.4) is 0 Å². The molecule has 2 nitrogen and oxygen atoms in total. The van der Waals surface area contributed by atoms with E-state index in [9.17, 15) is 10.5 Å². The van der Waals surface area contributed by atoms with Crippen LogP contribution in [-0.2, 0) is 0 Å². The molecule has 2 heteroatoms. The van der Waals surface area contributed by atoms with Crippen LogP contribution in [0.2, 0.25) is 0 Å². The fourth-order valence-electron chi connectivity index (χ4n) is 4.63. The molecule has 0 saturated carbocycles. The Hall–Kier alpha value is -2.58. The van der Waals surface area contributed by atoms with Gasteiger partial charge >= 0.3 is 0 Å². The average Bonchev–Trinajstić information content (AvgIpc) is 2.83. The third-order valence-corrected chi connectivity index (χ3v) is 6.35. The Balaban J connectivity index is 1.99. The summed E-state index contributed by atoms with van der Waals surface area (Å²) in [6.07, 6.45) is 14.2. The lowest BCUT2D eigenvalue weighted by molar-refractivity contribution is 0.440. The lowest BCUT2D eigenvalue weighted by Crippen LogP contribution is -2.19. The zero-order valence-electron chi connectivity index (χ0n) is 19.2. The van der Waals surface area contributed by atoms with Crippen molar-refractivity contribution in [3.05, 3.63) is 71.8 Å². The van der Waals surface area contributed by atoms with Gasteiger partial charge in [0.05, 0.1) is 12.1 Å². The second kappa shape index (κ2) is 15.3. The van der Waals surface area contributed by atoms with Crippen molar-refractivity contribution in [3.63, 3.8) is 0 Å². The second-order valence-corrected chi connectivity index (χ2v) is 8.66. The van der Waals surface area contributed by atoms with Crippen LogP contribution >= 0.6 is 0 Å². The molecule has 164 valence electrons. The maximum absolute atomic E-state index is 9.73. The summed E-state index contributed by atoms with van der Waals surface area (Å²) in [6, 6.07) is 25.2. The summed E-state index contributed by atoms with van der Waals surface area (Å²) in [6.45, 7) is 2.26. The van der Waals surface area contributed by atoms with E-state index in [0.29, 0.717) is 0 Å². The first-order chi connectivity index (χ1) is 15.3. The number of hydrogen-bond donors (Lipinski definition) is 0. The van der Waals surface area contributed by atoms with Gasteiger partial charge < -0.3 is 0 Å². The Morgan fingerprint density at radius 3 is 1.55 bits per heavy atom. The lowest BCUT2D eigenvalue weighted by atomic mass is 9.72. The molecule has 0 amide bonds. The van der Waals surface area contributed by atoms with E-state index >= 15 is 0 Å². The third kappa shape index (κ3) is 8.59. The monoisotopic (exact) mass is 414 g/mol. The molecule has 2 rings (SSSR count). The van der Waals surface area contributed by atoms with E-state index < -0.39 is 5.92 Å². The number of rotatable bonds is 15. The van der Waals surface area contributed by atoms with Gasteiger partial charge in [-0.1, -0.05) is 132 Å². The van der Waals surface area contributed by atoms with E-state index in [-0.39, 0.29) is 11.8 Å². The van der Waals surface area contributed by atoms with Gasteiger partial charge in [0.1, 0.15) is 5.92 Å². The summed E-state index contributed by atoms with van der Waals surface area (Å²) >= 11 is 0. The first-order valence-electron chi connectivity index (χ1n) is 12.2. The molecule has 0 radical (unpaired) electrons. The zero-order chi connectivity index (χ0) is 22.2. The fraction of sp³-hybridized carbons (Fsp3) is 0.517. The van der Waals surface area contributed by atoms with Gasteiger partial charge in [-0.25, -0.2) is 0 Å². The highest BCUT2D eigenvalue weighted by Crippen LogP contribution is 2.41. The molecule has 31 heavy (non-hydrogen) atoms. The highest BCUT2D eigenvalue weighted by atomic mass is 14.4. The van der Waals surface area contributed by atoms with Crippen LogP contribution < -0.4 is 0 Å². The Labute approximate surface area is 189 Å². The van der Waals surface area contributed by atoms with Crippen molar-refractivity contribution >= 4 is 0 Å². The SMILES string of the molecule is CCCCCCCCCCCCC(c1ccccc1)C(c1ccccc1)C(C#N)C#N. The fourth-order valence-corrected chi connectivity index (χ4v) is 4.63. The molecular formula is C29H38N2. The Bertz CT molecular complexity index is 771. The predicted octanol–water partition coefficient (Wildman–Crippen LogP) is 8.53. The highest BCUT2D eigenvalue weighted by molar-refractivity contribution is 5.32. The van der Waals surface area contributed by atoms with Gasteiger partial charge in [-0.2, -0.15) is 10.5 Å². The molecule has 2 aromatic carbocycles. The van der Waals surface area contributed by atoms with Crippen LogP contribution in [0.25, 0.3) is 0 Å². The molecule has 0 aliphatic carbocycles. The van der Waals surface area contributed by atoms with Crippen molar-refractivity contribution in [2.24, 2.45) is 5.92 Å². The molecule has 0 heterocycles. The van der Waals surface area contributed by atoms with E-state index in [0.717, 1.165) is 18.4 Å². The maximum atomic E-state index is 9.73. The highest BCUT2D eigenvalue weighted by Gasteiger charge is 2.32. The third-order valence-electron chi connectivity index (χ3n) is 6.35. The lowest BCUT2D eigenvalue weighted by Gasteiger charge is -2.29. The van der Waals surface area contributed by atoms with Gasteiger partial charge in [0.15, 0.2) is 0 Å². The number of unbranched alkanes of at least 4 members (excludes halogenated alkanes) is 9. The van der Waals surface area contributed by atoms with Crippen molar-refractivity contribution in [3.8, 4) is 12.1 Å². The molecule has 0 N–H and O–H groups in total. The molecule has 0 bridgehead atoms. The van der Waals surface area contributed by atoms with Gasteiger partial charge in [-0.3, -0.25) is 0 Å². The van der Waals surface area contributed by atoms with Crippen LogP contribution in [0.1, 0.15) is 101 Å². The van der Waals surface area contributed by atoms with E-state index in [4.69, 9.17) is 0 Å². The Morgan fingerprint density at radius 1 is 0.613 bits per heavy atom. The molecule has 0 aromatic heterocycles. The Kier molecular flexibility index (Phi) is 12.1. The standard InChI is InChI=1S/C29H38N2/c1-2-3-4-5-6-7-8-9-10-17-22-28(25-18-13-11-14-19-25)29(27(23-30)24-31)26-20-15-12-16-21-26/h11-16,18-21,27-29H,2-10,17,22H2,1H3. The topological polar surface area (TPSA) is 47.6 Å². The minimum absolute atomic E-state index is 0.0998. The largest absolute Gasteiger partial charge is 0.197 e. The number of nitrogens with zero attached hydrogens (tertiary/aromatic N) is 2. The van der Waals surface area contributed by atoms with Crippen LogP contribution in [0.4, 0.5) is 0 Å². The summed E-state index contributed by atoms with van der Waals surface area (Å²) in [4.78, 5) is 0. The molecule has 2 aromatic rings. The first kappa shape index (κ1) is 24.7. The molecule has 2 unspecified atom stereocenters. The van der Waals surface area contributed by atoms with Crippen molar-refractivity contribution < 1.29 is 0 Å². The predicted molar refractivity (Wildman–Crippen MR) is 130 cm³/mol. The smallest absolute Gasteiger partial charge is 0.140 e. The second-order valence-electron chi connectivity index (χ2n) is 8.66. The van der Waals surface area contributed by atoms with Crippen LogP contribution in [0.5, 0.6) is 0 Å². The summed E-state index contributed by atoms with van der Waals surface area (Å²) < 4.78 is 0. The first-order valence-corrected chi connectivity index (χ1v) is 12.2. The summed E-state index contributed by atoms with van der Waals surface area (Å²) in [5, 5.41) is 19.5. The van der Waals surface area contributed by atoms with Crippen LogP contribution in [0, 0.1) is 28.6 Å². The quantitative estimate of drug-likeness (QED) is 0.274. The normalized spacial score (nSPS) is 12.8. The van der Waals surface area contributed by atoms with Crippen molar-refractivity contribution in [1.82, 2.24) is 0 Å². The number of benzene rings is 2. The van der Waals surface area contributed by atoms with Gasteiger partial charge in [0, 0.05) is 5.92 Å². The molecule has 0 fully saturated rings. The van der Waals surface area contributed by atoms with Crippen molar-refractivity contribution in [2.45, 2.75) is 89.4 Å². The van der Waals surface area contributed by atoms with E-state index in [1.807, 2.05) is 24.3 Å². The number of nitriles is 2. The number of hydrogen-bond acceptors (Lipinski definition) is 2. The van der Waals surface area contributed by atoms with Gasteiger partial charge in [0.2, 0.25) is 0 Å². The molecule has 0 aliphatic rings. The average molecular weight is 415 g/mol. The van der Waals surface area contributed by atoms with Crippen LogP contribution in [0.15, 0.2) is 60.7 Å². The van der Waals surface area contributed by atoms with Gasteiger partial charge in [-0.15, -0.1) is 0 Å². The minimum atomic E-state index is -0.643. The maximum Gasteiger partial charge on any atom is 0.140 e. The molecule has 0 saturated heterocycles. The van der Waals surface area contributed by atoms with Gasteiger partial charge in [-0.05, 0) is 23.5 Å². The van der Waals surface area contributed by atoms with Crippen molar-refractivity contribution in [1.29, 1.82) is 10.5 Å². The molecule has 0 spiro atoms. The van der Waals surface area contributed by atoms with Crippen molar-refractivity contribution in [2.75, 3.05) is 0 Å². The molecular weight excluding hydrogens is 376 g/mol. The summed E-state index contributed by atoms with van der Waals surface area (Å²) in [5.74, 6) is -0.560. The summed E-state index contributed by atoms with van der Waals surface area (Å²) in [7, 11) is 0. The molecule has 2 atom stereocenters. The Morgan fingerprint density at radius 2 is 1.06 bits per heavy atom. The minimum Gasteiger partial charge on any atom is -0.197 e. The van der Waals surface area contributed by atoms with E-state index in [2.05, 4.69) is 55.5 Å². The summed E-state index contributed by atoms with van der Waals surface area (Å²) in [5.41, 5.74) is 2.33. The van der Waals surface area contributed by atoms with E-state index in [1.54, 1.807) is 0 Å². The van der Waals surface area contributed by atoms with Gasteiger partial charge in [0.25, 0.3) is 0 Å². The van der Waals surface area contributed by atoms with Crippen LogP contribution in [-0.4, -0.2) is 0 Å².